The van der Waals surface area contributed by atoms with Crippen LogP contribution in [0.5, 0.6) is 0 Å². The summed E-state index contributed by atoms with van der Waals surface area (Å²) in [5, 5.41) is 0. The minimum atomic E-state index is -0.279. The Kier molecular flexibility index (Phi) is 5.55. The van der Waals surface area contributed by atoms with Crippen molar-refractivity contribution in [2.45, 2.75) is 38.3 Å². The predicted octanol–water partition coefficient (Wildman–Crippen LogP) is 3.27. The molecule has 28 heavy (non-hydrogen) atoms. The Labute approximate surface area is 165 Å². The normalized spacial score (nSPS) is 17.8. The van der Waals surface area contributed by atoms with Gasteiger partial charge >= 0.3 is 6.09 Å². The highest BCUT2D eigenvalue weighted by molar-refractivity contribution is 5.95. The van der Waals surface area contributed by atoms with Crippen molar-refractivity contribution in [3.63, 3.8) is 0 Å². The molecule has 0 radical (unpaired) electrons. The standard InChI is InChI=1S/C22H25N3O3/c26-21-19-8-4-12-23-20(19)9-5-13-25(21)18-10-14-24(15-11-18)22(27)28-16-17-6-2-1-3-7-17/h1-4,6-8,12,18H,5,9-11,13-16H2. The molecule has 0 N–H and O–H groups in total. The van der Waals surface area contributed by atoms with Gasteiger partial charge in [0.05, 0.1) is 11.3 Å². The highest BCUT2D eigenvalue weighted by Gasteiger charge is 2.32. The molecular formula is C22H25N3O3. The molecule has 0 unspecified atom stereocenters. The third-order valence-corrected chi connectivity index (χ3v) is 5.56. The number of aromatic nitrogens is 1. The fourth-order valence-corrected chi connectivity index (χ4v) is 4.02. The average molecular weight is 379 g/mol. The number of carbonyl (C=O) groups is 2. The van der Waals surface area contributed by atoms with Crippen LogP contribution < -0.4 is 0 Å². The van der Waals surface area contributed by atoms with E-state index in [0.717, 1.165) is 49.0 Å². The number of fused-ring (bicyclic) bond motifs is 1. The van der Waals surface area contributed by atoms with Crippen molar-refractivity contribution in [3.8, 4) is 0 Å². The SMILES string of the molecule is O=C(OCc1ccccc1)N1CCC(N2CCCc3ncccc3C2=O)CC1. The smallest absolute Gasteiger partial charge is 0.410 e. The first-order chi connectivity index (χ1) is 13.7. The molecule has 1 aromatic carbocycles. The van der Waals surface area contributed by atoms with Crippen molar-refractivity contribution in [2.75, 3.05) is 19.6 Å². The van der Waals surface area contributed by atoms with Crippen molar-refractivity contribution < 1.29 is 14.3 Å². The molecule has 6 nitrogen and oxygen atoms in total. The van der Waals surface area contributed by atoms with Gasteiger partial charge in [-0.1, -0.05) is 30.3 Å². The molecule has 1 saturated heterocycles. The van der Waals surface area contributed by atoms with Crippen LogP contribution >= 0.6 is 0 Å². The lowest BCUT2D eigenvalue weighted by atomic mass is 10.0. The molecule has 2 aromatic rings. The summed E-state index contributed by atoms with van der Waals surface area (Å²) in [5.41, 5.74) is 2.61. The van der Waals surface area contributed by atoms with Crippen molar-refractivity contribution in [3.05, 3.63) is 65.5 Å². The molecule has 0 bridgehead atoms. The molecule has 146 valence electrons. The Bertz CT molecular complexity index is 832. The van der Waals surface area contributed by atoms with Gasteiger partial charge in [0.2, 0.25) is 0 Å². The number of pyridine rings is 1. The number of piperidine rings is 1. The summed E-state index contributed by atoms with van der Waals surface area (Å²) >= 11 is 0. The zero-order valence-corrected chi connectivity index (χ0v) is 15.9. The summed E-state index contributed by atoms with van der Waals surface area (Å²) in [4.78, 5) is 33.5. The van der Waals surface area contributed by atoms with Gasteiger partial charge in [-0.2, -0.15) is 0 Å². The van der Waals surface area contributed by atoms with Gasteiger partial charge in [-0.15, -0.1) is 0 Å². The molecule has 1 fully saturated rings. The fourth-order valence-electron chi connectivity index (χ4n) is 4.02. The van der Waals surface area contributed by atoms with E-state index in [4.69, 9.17) is 4.74 Å². The number of amides is 2. The van der Waals surface area contributed by atoms with E-state index < -0.39 is 0 Å². The molecule has 2 amide bonds. The van der Waals surface area contributed by atoms with Crippen LogP contribution in [0, 0.1) is 0 Å². The molecule has 2 aliphatic heterocycles. The molecule has 6 heteroatoms. The zero-order chi connectivity index (χ0) is 19.3. The third-order valence-electron chi connectivity index (χ3n) is 5.56. The molecule has 0 atom stereocenters. The number of rotatable bonds is 3. The van der Waals surface area contributed by atoms with Crippen LogP contribution in [0.3, 0.4) is 0 Å². The highest BCUT2D eigenvalue weighted by Crippen LogP contribution is 2.24. The van der Waals surface area contributed by atoms with Gasteiger partial charge in [-0.05, 0) is 43.4 Å². The number of carbonyl (C=O) groups excluding carboxylic acids is 2. The summed E-state index contributed by atoms with van der Waals surface area (Å²) in [7, 11) is 0. The van der Waals surface area contributed by atoms with E-state index in [-0.39, 0.29) is 24.6 Å². The number of hydrogen-bond acceptors (Lipinski definition) is 4. The van der Waals surface area contributed by atoms with Gasteiger partial charge in [0.15, 0.2) is 0 Å². The predicted molar refractivity (Wildman–Crippen MR) is 105 cm³/mol. The second kappa shape index (κ2) is 8.42. The van der Waals surface area contributed by atoms with Crippen LogP contribution in [0.4, 0.5) is 4.79 Å². The lowest BCUT2D eigenvalue weighted by Crippen LogP contribution is -2.48. The molecule has 0 saturated carbocycles. The Balaban J connectivity index is 1.32. The molecule has 0 spiro atoms. The van der Waals surface area contributed by atoms with Gasteiger partial charge in [0.25, 0.3) is 5.91 Å². The summed E-state index contributed by atoms with van der Waals surface area (Å²) in [5.74, 6) is 0.0747. The molecule has 3 heterocycles. The third kappa shape index (κ3) is 4.01. The van der Waals surface area contributed by atoms with Crippen LogP contribution in [-0.2, 0) is 17.8 Å². The van der Waals surface area contributed by atoms with Crippen LogP contribution in [0.25, 0.3) is 0 Å². The van der Waals surface area contributed by atoms with E-state index >= 15 is 0 Å². The first-order valence-electron chi connectivity index (χ1n) is 9.93. The Morgan fingerprint density at radius 3 is 2.64 bits per heavy atom. The number of likely N-dealkylation sites (tertiary alicyclic amines) is 1. The Morgan fingerprint density at radius 1 is 1.07 bits per heavy atom. The number of benzene rings is 1. The van der Waals surface area contributed by atoms with E-state index in [1.807, 2.05) is 47.4 Å². The fraction of sp³-hybridized carbons (Fsp3) is 0.409. The average Bonchev–Trinajstić information content (AvgIpc) is 2.92. The minimum absolute atomic E-state index is 0.0747. The lowest BCUT2D eigenvalue weighted by Gasteiger charge is -2.37. The van der Waals surface area contributed by atoms with Crippen LogP contribution in [0.1, 0.15) is 40.9 Å². The maximum absolute atomic E-state index is 13.0. The van der Waals surface area contributed by atoms with Crippen molar-refractivity contribution in [2.24, 2.45) is 0 Å². The quantitative estimate of drug-likeness (QED) is 0.821. The number of nitrogens with zero attached hydrogens (tertiary/aromatic N) is 3. The van der Waals surface area contributed by atoms with Crippen LogP contribution in [0.15, 0.2) is 48.7 Å². The van der Waals surface area contributed by atoms with Crippen LogP contribution in [0.2, 0.25) is 0 Å². The van der Waals surface area contributed by atoms with E-state index in [1.165, 1.54) is 0 Å². The molecule has 2 aliphatic rings. The topological polar surface area (TPSA) is 62.7 Å². The maximum Gasteiger partial charge on any atom is 0.410 e. The summed E-state index contributed by atoms with van der Waals surface area (Å²) in [6.07, 6.45) is 4.79. The van der Waals surface area contributed by atoms with E-state index in [1.54, 1.807) is 11.1 Å². The summed E-state index contributed by atoms with van der Waals surface area (Å²) in [6, 6.07) is 13.5. The molecule has 1 aromatic heterocycles. The monoisotopic (exact) mass is 379 g/mol. The van der Waals surface area contributed by atoms with Gasteiger partial charge in [0, 0.05) is 31.9 Å². The molecule has 0 aliphatic carbocycles. The summed E-state index contributed by atoms with van der Waals surface area (Å²) < 4.78 is 5.43. The van der Waals surface area contributed by atoms with Crippen molar-refractivity contribution in [1.82, 2.24) is 14.8 Å². The lowest BCUT2D eigenvalue weighted by molar-refractivity contribution is 0.0523. The van der Waals surface area contributed by atoms with E-state index in [0.29, 0.717) is 13.1 Å². The maximum atomic E-state index is 13.0. The van der Waals surface area contributed by atoms with Crippen molar-refractivity contribution in [1.29, 1.82) is 0 Å². The van der Waals surface area contributed by atoms with Crippen molar-refractivity contribution >= 4 is 12.0 Å². The largest absolute Gasteiger partial charge is 0.445 e. The molecular weight excluding hydrogens is 354 g/mol. The second-order valence-electron chi connectivity index (χ2n) is 7.36. The minimum Gasteiger partial charge on any atom is -0.445 e. The molecule has 4 rings (SSSR count). The zero-order valence-electron chi connectivity index (χ0n) is 15.9. The number of ether oxygens (including phenoxy) is 1. The van der Waals surface area contributed by atoms with Crippen LogP contribution in [-0.4, -0.2) is 52.5 Å². The summed E-state index contributed by atoms with van der Waals surface area (Å²) in [6.45, 7) is 2.26. The Hall–Kier alpha value is -2.89. The number of hydrogen-bond donors (Lipinski definition) is 0. The first-order valence-corrected chi connectivity index (χ1v) is 9.93. The Morgan fingerprint density at radius 2 is 1.86 bits per heavy atom. The second-order valence-corrected chi connectivity index (χ2v) is 7.36. The van der Waals surface area contributed by atoms with E-state index in [9.17, 15) is 9.59 Å². The highest BCUT2D eigenvalue weighted by atomic mass is 16.6. The number of aryl methyl sites for hydroxylation is 1. The van der Waals surface area contributed by atoms with Gasteiger partial charge < -0.3 is 14.5 Å². The first kappa shape index (κ1) is 18.5. The van der Waals surface area contributed by atoms with E-state index in [2.05, 4.69) is 4.98 Å². The van der Waals surface area contributed by atoms with Gasteiger partial charge in [-0.25, -0.2) is 4.79 Å². The van der Waals surface area contributed by atoms with Gasteiger partial charge in [-0.3, -0.25) is 9.78 Å². The van der Waals surface area contributed by atoms with Gasteiger partial charge in [0.1, 0.15) is 6.61 Å².